The summed E-state index contributed by atoms with van der Waals surface area (Å²) >= 11 is 0. The van der Waals surface area contributed by atoms with E-state index in [1.165, 1.54) is 116 Å². The predicted molar refractivity (Wildman–Crippen MR) is 221 cm³/mol. The third-order valence-electron chi connectivity index (χ3n) is 12.9. The van der Waals surface area contributed by atoms with Gasteiger partial charge in [-0.15, -0.1) is 0 Å². The molecule has 6 aromatic rings. The van der Waals surface area contributed by atoms with Gasteiger partial charge in [-0.25, -0.2) is 0 Å². The lowest BCUT2D eigenvalue weighted by atomic mass is 9.63. The SMILES string of the molecule is CC1(C)CCC(C)(C)c2cc(-c3ccc(-c4cc5c(cc4N(c4ccccc4)c4ccc6c(c4)CCCC6)C(C)(C)c4ccccc4-5)cc3)ccc21. The smallest absolute Gasteiger partial charge is 0.0543 e. The first-order valence-electron chi connectivity index (χ1n) is 19.5. The molecule has 0 saturated heterocycles. The largest absolute Gasteiger partial charge is 0.310 e. The van der Waals surface area contributed by atoms with E-state index in [0.29, 0.717) is 0 Å². The van der Waals surface area contributed by atoms with Crippen molar-refractivity contribution in [2.45, 2.75) is 96.3 Å². The molecule has 52 heavy (non-hydrogen) atoms. The standard InChI is InChI=1S/C51H51N/c1-49(2)28-29-50(3,4)47-31-38(25-27-45(47)49)35-20-22-36(23-21-35)42-32-43-41-18-12-13-19-44(41)51(5,6)46(43)33-48(42)52(39-16-8-7-9-17-39)40-26-24-34-14-10-11-15-37(34)30-40/h7-9,12-13,16-27,30-33H,10-11,14-15,28-29H2,1-6H3. The molecule has 260 valence electrons. The van der Waals surface area contributed by atoms with Crippen molar-refractivity contribution in [1.29, 1.82) is 0 Å². The average Bonchev–Trinajstić information content (AvgIpc) is 3.39. The van der Waals surface area contributed by atoms with Crippen molar-refractivity contribution in [2.75, 3.05) is 4.90 Å². The van der Waals surface area contributed by atoms with Crippen molar-refractivity contribution in [3.8, 4) is 33.4 Å². The third kappa shape index (κ3) is 5.35. The van der Waals surface area contributed by atoms with E-state index < -0.39 is 0 Å². The summed E-state index contributed by atoms with van der Waals surface area (Å²) in [6, 6.07) is 48.9. The molecule has 0 aromatic heterocycles. The molecule has 0 spiro atoms. The second-order valence-corrected chi connectivity index (χ2v) is 17.5. The van der Waals surface area contributed by atoms with Crippen LogP contribution in [0.15, 0.2) is 127 Å². The summed E-state index contributed by atoms with van der Waals surface area (Å²) in [5, 5.41) is 0. The number of rotatable bonds is 5. The van der Waals surface area contributed by atoms with Gasteiger partial charge >= 0.3 is 0 Å². The Balaban J connectivity index is 1.23. The number of nitrogens with zero attached hydrogens (tertiary/aromatic N) is 1. The van der Waals surface area contributed by atoms with Gasteiger partial charge in [-0.05, 0) is 147 Å². The maximum absolute atomic E-state index is 2.52. The van der Waals surface area contributed by atoms with Crippen LogP contribution in [0, 0.1) is 0 Å². The van der Waals surface area contributed by atoms with Crippen LogP contribution in [0.25, 0.3) is 33.4 Å². The van der Waals surface area contributed by atoms with Crippen LogP contribution in [0.2, 0.25) is 0 Å². The van der Waals surface area contributed by atoms with Crippen LogP contribution in [0.3, 0.4) is 0 Å². The molecule has 3 aliphatic carbocycles. The minimum atomic E-state index is -0.101. The summed E-state index contributed by atoms with van der Waals surface area (Å²) in [5.41, 5.74) is 20.6. The molecule has 6 aromatic carbocycles. The summed E-state index contributed by atoms with van der Waals surface area (Å²) in [5.74, 6) is 0. The molecule has 0 atom stereocenters. The first-order valence-corrected chi connectivity index (χ1v) is 19.5. The first-order chi connectivity index (χ1) is 25.0. The van der Waals surface area contributed by atoms with Crippen molar-refractivity contribution < 1.29 is 0 Å². The maximum atomic E-state index is 2.52. The van der Waals surface area contributed by atoms with E-state index in [0.717, 1.165) is 6.42 Å². The molecule has 0 radical (unpaired) electrons. The Kier molecular flexibility index (Phi) is 7.67. The van der Waals surface area contributed by atoms with E-state index in [2.05, 4.69) is 174 Å². The zero-order valence-corrected chi connectivity index (χ0v) is 31.8. The Labute approximate surface area is 311 Å². The normalized spacial score (nSPS) is 17.4. The summed E-state index contributed by atoms with van der Waals surface area (Å²) in [6.07, 6.45) is 7.35. The molecule has 0 heterocycles. The fourth-order valence-electron chi connectivity index (χ4n) is 9.63. The second kappa shape index (κ2) is 12.1. The lowest BCUT2D eigenvalue weighted by Gasteiger charge is -2.42. The van der Waals surface area contributed by atoms with Crippen LogP contribution in [0.5, 0.6) is 0 Å². The van der Waals surface area contributed by atoms with E-state index in [-0.39, 0.29) is 16.2 Å². The Morgan fingerprint density at radius 3 is 1.85 bits per heavy atom. The van der Waals surface area contributed by atoms with Crippen molar-refractivity contribution in [3.05, 3.63) is 161 Å². The zero-order chi connectivity index (χ0) is 35.8. The number of fused-ring (bicyclic) bond motifs is 5. The number of hydrogen-bond donors (Lipinski definition) is 0. The molecule has 9 rings (SSSR count). The second-order valence-electron chi connectivity index (χ2n) is 17.5. The molecular formula is C51H51N. The summed E-state index contributed by atoms with van der Waals surface area (Å²) in [6.45, 7) is 14.4. The first kappa shape index (κ1) is 33.0. The molecule has 0 fully saturated rings. The van der Waals surface area contributed by atoms with Crippen molar-refractivity contribution >= 4 is 17.1 Å². The molecular weight excluding hydrogens is 627 g/mol. The molecule has 0 unspecified atom stereocenters. The molecule has 0 N–H and O–H groups in total. The van der Waals surface area contributed by atoms with Crippen LogP contribution >= 0.6 is 0 Å². The molecule has 3 aliphatic rings. The average molecular weight is 678 g/mol. The highest BCUT2D eigenvalue weighted by Gasteiger charge is 2.38. The number of para-hydroxylation sites is 1. The van der Waals surface area contributed by atoms with Gasteiger partial charge in [0.2, 0.25) is 0 Å². The topological polar surface area (TPSA) is 3.24 Å². The number of hydrogen-bond acceptors (Lipinski definition) is 1. The van der Waals surface area contributed by atoms with Crippen LogP contribution < -0.4 is 4.90 Å². The van der Waals surface area contributed by atoms with Crippen molar-refractivity contribution in [3.63, 3.8) is 0 Å². The monoisotopic (exact) mass is 677 g/mol. The van der Waals surface area contributed by atoms with Crippen LogP contribution in [-0.2, 0) is 29.1 Å². The Morgan fingerprint density at radius 2 is 1.08 bits per heavy atom. The number of benzene rings is 6. The van der Waals surface area contributed by atoms with Gasteiger partial charge in [-0.2, -0.15) is 0 Å². The fraction of sp³-hybridized carbons (Fsp3) is 0.294. The Morgan fingerprint density at radius 1 is 0.423 bits per heavy atom. The van der Waals surface area contributed by atoms with Crippen LogP contribution in [0.1, 0.15) is 101 Å². The highest BCUT2D eigenvalue weighted by Crippen LogP contribution is 2.54. The van der Waals surface area contributed by atoms with Gasteiger partial charge in [0, 0.05) is 22.4 Å². The van der Waals surface area contributed by atoms with E-state index in [4.69, 9.17) is 0 Å². The van der Waals surface area contributed by atoms with Gasteiger partial charge in [0.25, 0.3) is 0 Å². The minimum absolute atomic E-state index is 0.101. The summed E-state index contributed by atoms with van der Waals surface area (Å²) in [4.78, 5) is 2.52. The highest BCUT2D eigenvalue weighted by atomic mass is 15.1. The van der Waals surface area contributed by atoms with Gasteiger partial charge < -0.3 is 4.90 Å². The van der Waals surface area contributed by atoms with Crippen molar-refractivity contribution in [2.24, 2.45) is 0 Å². The van der Waals surface area contributed by atoms with E-state index in [9.17, 15) is 0 Å². The van der Waals surface area contributed by atoms with Crippen molar-refractivity contribution in [1.82, 2.24) is 0 Å². The quantitative estimate of drug-likeness (QED) is 0.176. The lowest BCUT2D eigenvalue weighted by Crippen LogP contribution is -2.33. The minimum Gasteiger partial charge on any atom is -0.310 e. The number of anilines is 3. The van der Waals surface area contributed by atoms with E-state index in [1.54, 1.807) is 0 Å². The third-order valence-corrected chi connectivity index (χ3v) is 12.9. The fourth-order valence-corrected chi connectivity index (χ4v) is 9.63. The van der Waals surface area contributed by atoms with Gasteiger partial charge in [-0.1, -0.05) is 133 Å². The molecule has 0 aliphatic heterocycles. The molecule has 1 heteroatoms. The molecule has 1 nitrogen and oxygen atoms in total. The molecule has 0 saturated carbocycles. The van der Waals surface area contributed by atoms with E-state index >= 15 is 0 Å². The number of aryl methyl sites for hydroxylation is 2. The van der Waals surface area contributed by atoms with E-state index in [1.807, 2.05) is 0 Å². The van der Waals surface area contributed by atoms with Gasteiger partial charge in [0.15, 0.2) is 0 Å². The van der Waals surface area contributed by atoms with Gasteiger partial charge in [0.05, 0.1) is 5.69 Å². The Hall–Kier alpha value is -4.88. The van der Waals surface area contributed by atoms with Gasteiger partial charge in [-0.3, -0.25) is 0 Å². The molecule has 0 bridgehead atoms. The predicted octanol–water partition coefficient (Wildman–Crippen LogP) is 14.0. The lowest BCUT2D eigenvalue weighted by molar-refractivity contribution is 0.332. The van der Waals surface area contributed by atoms with Crippen LogP contribution in [-0.4, -0.2) is 0 Å². The molecule has 0 amide bonds. The summed E-state index contributed by atoms with van der Waals surface area (Å²) < 4.78 is 0. The summed E-state index contributed by atoms with van der Waals surface area (Å²) in [7, 11) is 0. The Bertz CT molecular complexity index is 2320. The highest BCUT2D eigenvalue weighted by molar-refractivity contribution is 5.95. The maximum Gasteiger partial charge on any atom is 0.0543 e. The zero-order valence-electron chi connectivity index (χ0n) is 31.8. The van der Waals surface area contributed by atoms with Gasteiger partial charge in [0.1, 0.15) is 0 Å². The van der Waals surface area contributed by atoms with Crippen LogP contribution in [0.4, 0.5) is 17.1 Å².